The highest BCUT2D eigenvalue weighted by molar-refractivity contribution is 6.36. The molecule has 1 heterocycles. The summed E-state index contributed by atoms with van der Waals surface area (Å²) in [5, 5.41) is 0.963. The number of halogens is 2. The van der Waals surface area contributed by atoms with Crippen molar-refractivity contribution in [2.24, 2.45) is 0 Å². The molecule has 1 aromatic carbocycles. The molecule has 0 radical (unpaired) electrons. The van der Waals surface area contributed by atoms with Crippen molar-refractivity contribution in [3.63, 3.8) is 0 Å². The molecule has 134 valence electrons. The molecule has 0 spiro atoms. The van der Waals surface area contributed by atoms with Crippen molar-refractivity contribution in [2.45, 2.75) is 32.4 Å². The lowest BCUT2D eigenvalue weighted by atomic mass is 10.1. The van der Waals surface area contributed by atoms with Gasteiger partial charge in [-0.05, 0) is 59.1 Å². The number of benzene rings is 1. The van der Waals surface area contributed by atoms with Gasteiger partial charge in [0.05, 0.1) is 10.6 Å². The molecule has 4 nitrogen and oxygen atoms in total. The van der Waals surface area contributed by atoms with Crippen LogP contribution in [0.2, 0.25) is 10.0 Å². The van der Waals surface area contributed by atoms with E-state index < -0.39 is 0 Å². The Morgan fingerprint density at radius 3 is 2.38 bits per heavy atom. The van der Waals surface area contributed by atoms with Crippen LogP contribution in [0.4, 0.5) is 0 Å². The largest absolute Gasteiger partial charge is 0.335 e. The normalized spacial score (nSPS) is 22.2. The highest BCUT2D eigenvalue weighted by atomic mass is 35.5. The molecule has 0 aromatic heterocycles. The topological polar surface area (TPSA) is 26.8 Å². The SMILES string of the molecule is CC1CN(C(=O)c2ccc(Cl)cc2Cl)CC(C)N1CCCN(C)C. The molecule has 0 N–H and O–H groups in total. The summed E-state index contributed by atoms with van der Waals surface area (Å²) in [7, 11) is 4.19. The van der Waals surface area contributed by atoms with E-state index in [0.717, 1.165) is 32.6 Å². The average Bonchev–Trinajstić information content (AvgIpc) is 2.49. The maximum atomic E-state index is 12.8. The average molecular weight is 372 g/mol. The Balaban J connectivity index is 2.01. The first-order valence-corrected chi connectivity index (χ1v) is 9.20. The van der Waals surface area contributed by atoms with Gasteiger partial charge in [0.25, 0.3) is 5.91 Å². The fourth-order valence-electron chi connectivity index (χ4n) is 3.37. The van der Waals surface area contributed by atoms with Gasteiger partial charge in [0.2, 0.25) is 0 Å². The zero-order valence-corrected chi connectivity index (χ0v) is 16.4. The summed E-state index contributed by atoms with van der Waals surface area (Å²) >= 11 is 12.1. The number of hydrogen-bond acceptors (Lipinski definition) is 3. The molecule has 0 saturated carbocycles. The monoisotopic (exact) mass is 371 g/mol. The summed E-state index contributed by atoms with van der Waals surface area (Å²) in [6, 6.07) is 5.73. The van der Waals surface area contributed by atoms with E-state index in [4.69, 9.17) is 23.2 Å². The standard InChI is InChI=1S/C18H27Cl2N3O/c1-13-11-22(12-14(2)23(13)9-5-8-21(3)4)18(24)16-7-6-15(19)10-17(16)20/h6-7,10,13-14H,5,8-9,11-12H2,1-4H3. The van der Waals surface area contributed by atoms with Crippen molar-refractivity contribution in [1.82, 2.24) is 14.7 Å². The number of rotatable bonds is 5. The first-order chi connectivity index (χ1) is 11.3. The number of amides is 1. The van der Waals surface area contributed by atoms with Crippen molar-refractivity contribution >= 4 is 29.1 Å². The van der Waals surface area contributed by atoms with Crippen molar-refractivity contribution in [3.05, 3.63) is 33.8 Å². The molecule has 2 rings (SSSR count). The Kier molecular flexibility index (Phi) is 6.93. The van der Waals surface area contributed by atoms with E-state index in [1.54, 1.807) is 18.2 Å². The summed E-state index contributed by atoms with van der Waals surface area (Å²) in [5.74, 6) is -0.0108. The third-order valence-corrected chi connectivity index (χ3v) is 5.12. The minimum absolute atomic E-state index is 0.0108. The van der Waals surface area contributed by atoms with Crippen molar-refractivity contribution in [3.8, 4) is 0 Å². The van der Waals surface area contributed by atoms with Gasteiger partial charge >= 0.3 is 0 Å². The molecule has 6 heteroatoms. The molecule has 1 aliphatic heterocycles. The molecule has 1 fully saturated rings. The molecule has 2 atom stereocenters. The van der Waals surface area contributed by atoms with Gasteiger partial charge in [0.15, 0.2) is 0 Å². The van der Waals surface area contributed by atoms with Gasteiger partial charge < -0.3 is 9.80 Å². The minimum atomic E-state index is -0.0108. The predicted molar refractivity (Wildman–Crippen MR) is 101 cm³/mol. The van der Waals surface area contributed by atoms with E-state index in [-0.39, 0.29) is 5.91 Å². The maximum Gasteiger partial charge on any atom is 0.255 e. The van der Waals surface area contributed by atoms with Gasteiger partial charge in [-0.15, -0.1) is 0 Å². The number of nitrogens with zero attached hydrogens (tertiary/aromatic N) is 3. The molecule has 1 amide bonds. The lowest BCUT2D eigenvalue weighted by Crippen LogP contribution is -2.58. The summed E-state index contributed by atoms with van der Waals surface area (Å²) in [6.07, 6.45) is 1.14. The fraction of sp³-hybridized carbons (Fsp3) is 0.611. The van der Waals surface area contributed by atoms with Gasteiger partial charge in [-0.1, -0.05) is 23.2 Å². The van der Waals surface area contributed by atoms with Crippen molar-refractivity contribution < 1.29 is 4.79 Å². The quantitative estimate of drug-likeness (QED) is 0.792. The molecule has 1 aromatic rings. The van der Waals surface area contributed by atoms with E-state index in [0.29, 0.717) is 27.7 Å². The number of piperazine rings is 1. The lowest BCUT2D eigenvalue weighted by Gasteiger charge is -2.44. The molecular formula is C18H27Cl2N3O. The fourth-order valence-corrected chi connectivity index (χ4v) is 3.86. The van der Waals surface area contributed by atoms with Gasteiger partial charge in [-0.2, -0.15) is 0 Å². The highest BCUT2D eigenvalue weighted by Crippen LogP contribution is 2.24. The Morgan fingerprint density at radius 1 is 1.21 bits per heavy atom. The second-order valence-electron chi connectivity index (χ2n) is 6.93. The van der Waals surface area contributed by atoms with Crippen molar-refractivity contribution in [1.29, 1.82) is 0 Å². The Morgan fingerprint density at radius 2 is 1.83 bits per heavy atom. The van der Waals surface area contributed by atoms with Crippen LogP contribution in [-0.4, -0.2) is 73.0 Å². The first kappa shape index (κ1) is 19.5. The number of carbonyl (C=O) groups excluding carboxylic acids is 1. The molecular weight excluding hydrogens is 345 g/mol. The zero-order valence-electron chi connectivity index (χ0n) is 14.9. The molecule has 2 unspecified atom stereocenters. The van der Waals surface area contributed by atoms with Crippen LogP contribution < -0.4 is 0 Å². The van der Waals surface area contributed by atoms with Gasteiger partial charge in [0.1, 0.15) is 0 Å². The van der Waals surface area contributed by atoms with E-state index >= 15 is 0 Å². The summed E-state index contributed by atoms with van der Waals surface area (Å²) in [4.78, 5) is 19.4. The second-order valence-corrected chi connectivity index (χ2v) is 7.77. The summed E-state index contributed by atoms with van der Waals surface area (Å²) in [5.41, 5.74) is 0.529. The third kappa shape index (κ3) is 4.85. The number of carbonyl (C=O) groups is 1. The summed E-state index contributed by atoms with van der Waals surface area (Å²) in [6.45, 7) is 7.97. The van der Waals surface area contributed by atoms with Crippen LogP contribution in [0, 0.1) is 0 Å². The lowest BCUT2D eigenvalue weighted by molar-refractivity contribution is 0.0295. The molecule has 1 saturated heterocycles. The highest BCUT2D eigenvalue weighted by Gasteiger charge is 2.32. The maximum absolute atomic E-state index is 12.8. The van der Waals surface area contributed by atoms with Crippen LogP contribution in [0.5, 0.6) is 0 Å². The van der Waals surface area contributed by atoms with E-state index in [1.807, 2.05) is 4.90 Å². The van der Waals surface area contributed by atoms with E-state index in [1.165, 1.54) is 0 Å². The molecule has 0 bridgehead atoms. The summed E-state index contributed by atoms with van der Waals surface area (Å²) < 4.78 is 0. The van der Waals surface area contributed by atoms with Crippen LogP contribution in [0.1, 0.15) is 30.6 Å². The van der Waals surface area contributed by atoms with Crippen molar-refractivity contribution in [2.75, 3.05) is 40.3 Å². The Labute approximate surface area is 155 Å². The van der Waals surface area contributed by atoms with Gasteiger partial charge in [-0.25, -0.2) is 0 Å². The smallest absolute Gasteiger partial charge is 0.255 e. The zero-order chi connectivity index (χ0) is 17.9. The first-order valence-electron chi connectivity index (χ1n) is 8.44. The predicted octanol–water partition coefficient (Wildman–Crippen LogP) is 3.48. The van der Waals surface area contributed by atoms with E-state index in [9.17, 15) is 4.79 Å². The Bertz CT molecular complexity index is 567. The van der Waals surface area contributed by atoms with Crippen LogP contribution in [-0.2, 0) is 0 Å². The van der Waals surface area contributed by atoms with Crippen LogP contribution >= 0.6 is 23.2 Å². The van der Waals surface area contributed by atoms with E-state index in [2.05, 4.69) is 37.7 Å². The molecule has 1 aliphatic rings. The minimum Gasteiger partial charge on any atom is -0.335 e. The molecule has 24 heavy (non-hydrogen) atoms. The van der Waals surface area contributed by atoms with Gasteiger partial charge in [0, 0.05) is 36.7 Å². The third-order valence-electron chi connectivity index (χ3n) is 4.57. The van der Waals surface area contributed by atoms with Gasteiger partial charge in [-0.3, -0.25) is 9.69 Å². The van der Waals surface area contributed by atoms with Crippen LogP contribution in [0.25, 0.3) is 0 Å². The van der Waals surface area contributed by atoms with Crippen LogP contribution in [0.3, 0.4) is 0 Å². The Hall–Kier alpha value is -0.810. The van der Waals surface area contributed by atoms with Crippen LogP contribution in [0.15, 0.2) is 18.2 Å². The second kappa shape index (κ2) is 8.52. The number of hydrogen-bond donors (Lipinski definition) is 0. The molecule has 0 aliphatic carbocycles.